The summed E-state index contributed by atoms with van der Waals surface area (Å²) in [5.74, 6) is -0.721. The molecule has 1 fully saturated rings. The third-order valence-electron chi connectivity index (χ3n) is 8.14. The quantitative estimate of drug-likeness (QED) is 0.188. The monoisotopic (exact) mass is 643 g/mol. The van der Waals surface area contributed by atoms with Crippen LogP contribution in [0, 0.1) is 0 Å². The molecule has 0 heterocycles. The molecule has 1 aliphatic rings. The van der Waals surface area contributed by atoms with Crippen LogP contribution in [-0.4, -0.2) is 43.8 Å². The summed E-state index contributed by atoms with van der Waals surface area (Å²) in [6.07, 6.45) is 5.34. The van der Waals surface area contributed by atoms with E-state index in [0.717, 1.165) is 47.5 Å². The van der Waals surface area contributed by atoms with Crippen molar-refractivity contribution in [1.82, 2.24) is 10.2 Å². The van der Waals surface area contributed by atoms with Crippen LogP contribution in [0.25, 0.3) is 0 Å². The first-order valence-electron chi connectivity index (χ1n) is 15.3. The van der Waals surface area contributed by atoms with Crippen molar-refractivity contribution in [1.29, 1.82) is 0 Å². The molecule has 0 radical (unpaired) electrons. The number of halogens is 1. The van der Waals surface area contributed by atoms with Crippen molar-refractivity contribution in [3.8, 4) is 0 Å². The molecule has 45 heavy (non-hydrogen) atoms. The van der Waals surface area contributed by atoms with Crippen LogP contribution in [0.5, 0.6) is 0 Å². The summed E-state index contributed by atoms with van der Waals surface area (Å²) in [6, 6.07) is 32.6. The maximum Gasteiger partial charge on any atom is 0.264 e. The summed E-state index contributed by atoms with van der Waals surface area (Å²) in [6.45, 7) is -0.358. The smallest absolute Gasteiger partial charge is 0.264 e. The average Bonchev–Trinajstić information content (AvgIpc) is 3.07. The number of amides is 2. The Morgan fingerprint density at radius 2 is 1.31 bits per heavy atom. The van der Waals surface area contributed by atoms with Crippen molar-refractivity contribution in [3.05, 3.63) is 131 Å². The number of para-hydroxylation sites is 1. The molecule has 0 bridgehead atoms. The third-order valence-corrected chi connectivity index (χ3v) is 10.2. The number of rotatable bonds is 12. The lowest BCUT2D eigenvalue weighted by Gasteiger charge is -2.35. The minimum absolute atomic E-state index is 0.00837. The lowest BCUT2D eigenvalue weighted by Crippen LogP contribution is -2.55. The molecule has 0 unspecified atom stereocenters. The molecule has 1 atom stereocenters. The van der Waals surface area contributed by atoms with Gasteiger partial charge in [-0.15, -0.1) is 0 Å². The molecule has 7 nitrogen and oxygen atoms in total. The zero-order chi connectivity index (χ0) is 31.6. The normalized spacial score (nSPS) is 14.3. The van der Waals surface area contributed by atoms with Gasteiger partial charge in [0.05, 0.1) is 10.6 Å². The number of hydrogen-bond donors (Lipinski definition) is 1. The van der Waals surface area contributed by atoms with Crippen LogP contribution in [0.1, 0.15) is 43.2 Å². The number of carbonyl (C=O) groups is 2. The summed E-state index contributed by atoms with van der Waals surface area (Å²) in [7, 11) is -4.17. The van der Waals surface area contributed by atoms with Gasteiger partial charge >= 0.3 is 0 Å². The van der Waals surface area contributed by atoms with E-state index < -0.39 is 28.5 Å². The van der Waals surface area contributed by atoms with E-state index in [4.69, 9.17) is 11.6 Å². The van der Waals surface area contributed by atoms with Crippen molar-refractivity contribution in [2.45, 2.75) is 62.0 Å². The van der Waals surface area contributed by atoms with Crippen LogP contribution in [0.4, 0.5) is 5.69 Å². The minimum atomic E-state index is -4.17. The minimum Gasteiger partial charge on any atom is -0.352 e. The molecule has 5 rings (SSSR count). The van der Waals surface area contributed by atoms with Crippen LogP contribution in [0.2, 0.25) is 5.02 Å². The lowest BCUT2D eigenvalue weighted by molar-refractivity contribution is -0.140. The van der Waals surface area contributed by atoms with Crippen molar-refractivity contribution in [3.63, 3.8) is 0 Å². The molecular weight excluding hydrogens is 606 g/mol. The molecule has 2 amide bonds. The van der Waals surface area contributed by atoms with Crippen LogP contribution >= 0.6 is 11.6 Å². The maximum atomic E-state index is 14.5. The maximum absolute atomic E-state index is 14.5. The van der Waals surface area contributed by atoms with E-state index in [1.165, 1.54) is 29.2 Å². The Balaban J connectivity index is 1.53. The highest BCUT2D eigenvalue weighted by Crippen LogP contribution is 2.26. The molecule has 4 aromatic rings. The molecule has 0 saturated heterocycles. The van der Waals surface area contributed by atoms with Gasteiger partial charge in [0.25, 0.3) is 10.0 Å². The molecular formula is C36H38ClN3O4S. The first kappa shape index (κ1) is 32.3. The van der Waals surface area contributed by atoms with Gasteiger partial charge in [-0.2, -0.15) is 0 Å². The fourth-order valence-corrected chi connectivity index (χ4v) is 7.28. The van der Waals surface area contributed by atoms with Crippen molar-refractivity contribution in [2.24, 2.45) is 0 Å². The number of benzene rings is 4. The van der Waals surface area contributed by atoms with Crippen molar-refractivity contribution < 1.29 is 18.0 Å². The summed E-state index contributed by atoms with van der Waals surface area (Å²) in [5, 5.41) is 3.63. The third kappa shape index (κ3) is 8.53. The van der Waals surface area contributed by atoms with Gasteiger partial charge in [0.1, 0.15) is 12.6 Å². The van der Waals surface area contributed by atoms with E-state index in [0.29, 0.717) is 10.7 Å². The van der Waals surface area contributed by atoms with Gasteiger partial charge in [-0.25, -0.2) is 8.42 Å². The van der Waals surface area contributed by atoms with Gasteiger partial charge in [0, 0.05) is 24.0 Å². The lowest BCUT2D eigenvalue weighted by atomic mass is 9.94. The fraction of sp³-hybridized carbons (Fsp3) is 0.278. The topological polar surface area (TPSA) is 86.8 Å². The summed E-state index contributed by atoms with van der Waals surface area (Å²) >= 11 is 6.05. The van der Waals surface area contributed by atoms with Crippen LogP contribution in [-0.2, 0) is 32.6 Å². The molecule has 4 aromatic carbocycles. The zero-order valence-electron chi connectivity index (χ0n) is 25.1. The van der Waals surface area contributed by atoms with E-state index in [1.807, 2.05) is 60.7 Å². The van der Waals surface area contributed by atoms with Gasteiger partial charge in [-0.3, -0.25) is 13.9 Å². The number of nitrogens with one attached hydrogen (secondary N) is 1. The number of carbonyl (C=O) groups excluding carboxylic acids is 2. The fourth-order valence-electron chi connectivity index (χ4n) is 5.74. The standard InChI is InChI=1S/C36H38ClN3O4S/c37-30-21-23-33(24-22-30)45(43,44)40(32-19-11-4-12-20-32)27-35(41)39(26-29-15-7-2-8-16-29)34(25-28-13-5-1-6-14-28)36(42)38-31-17-9-3-10-18-31/h1-2,4-8,11-16,19-24,31,34H,3,9-10,17-18,25-27H2,(H,38,42)/t34-/m1/s1. The van der Waals surface area contributed by atoms with Crippen LogP contribution in [0.15, 0.2) is 120 Å². The van der Waals surface area contributed by atoms with E-state index in [9.17, 15) is 18.0 Å². The second kappa shape index (κ2) is 15.2. The van der Waals surface area contributed by atoms with E-state index >= 15 is 0 Å². The summed E-state index contributed by atoms with van der Waals surface area (Å²) in [5.41, 5.74) is 2.08. The van der Waals surface area contributed by atoms with E-state index in [-0.39, 0.29) is 29.8 Å². The van der Waals surface area contributed by atoms with E-state index in [1.54, 1.807) is 30.3 Å². The highest BCUT2D eigenvalue weighted by molar-refractivity contribution is 7.92. The van der Waals surface area contributed by atoms with Crippen LogP contribution in [0.3, 0.4) is 0 Å². The number of hydrogen-bond acceptors (Lipinski definition) is 4. The van der Waals surface area contributed by atoms with Gasteiger partial charge in [-0.05, 0) is 60.4 Å². The number of nitrogens with zero attached hydrogens (tertiary/aromatic N) is 2. The average molecular weight is 644 g/mol. The Kier molecular flexibility index (Phi) is 10.9. The van der Waals surface area contributed by atoms with Gasteiger partial charge in [0.2, 0.25) is 11.8 Å². The molecule has 1 saturated carbocycles. The zero-order valence-corrected chi connectivity index (χ0v) is 26.7. The van der Waals surface area contributed by atoms with E-state index in [2.05, 4.69) is 5.32 Å². The highest BCUT2D eigenvalue weighted by atomic mass is 35.5. The first-order valence-corrected chi connectivity index (χ1v) is 17.1. The Morgan fingerprint density at radius 1 is 0.756 bits per heavy atom. The van der Waals surface area contributed by atoms with Gasteiger partial charge in [-0.1, -0.05) is 110 Å². The first-order chi connectivity index (χ1) is 21.8. The Morgan fingerprint density at radius 3 is 1.91 bits per heavy atom. The Hall–Kier alpha value is -4.14. The largest absolute Gasteiger partial charge is 0.352 e. The molecule has 9 heteroatoms. The number of sulfonamides is 1. The summed E-state index contributed by atoms with van der Waals surface area (Å²) < 4.78 is 29.2. The molecule has 0 aliphatic heterocycles. The second-order valence-corrected chi connectivity index (χ2v) is 13.7. The molecule has 1 aliphatic carbocycles. The van der Waals surface area contributed by atoms with Gasteiger partial charge < -0.3 is 10.2 Å². The van der Waals surface area contributed by atoms with Crippen molar-refractivity contribution >= 4 is 39.1 Å². The molecule has 1 N–H and O–H groups in total. The highest BCUT2D eigenvalue weighted by Gasteiger charge is 2.35. The molecule has 234 valence electrons. The Labute approximate surface area is 270 Å². The predicted molar refractivity (Wildman–Crippen MR) is 178 cm³/mol. The Bertz CT molecular complexity index is 1650. The van der Waals surface area contributed by atoms with Gasteiger partial charge in [0.15, 0.2) is 0 Å². The summed E-state index contributed by atoms with van der Waals surface area (Å²) in [4.78, 5) is 30.2. The second-order valence-electron chi connectivity index (χ2n) is 11.4. The van der Waals surface area contributed by atoms with Crippen LogP contribution < -0.4 is 9.62 Å². The predicted octanol–water partition coefficient (Wildman–Crippen LogP) is 6.62. The number of anilines is 1. The molecule has 0 spiro atoms. The van der Waals surface area contributed by atoms with Crippen molar-refractivity contribution in [2.75, 3.05) is 10.8 Å². The SMILES string of the molecule is O=C(NC1CCCCC1)[C@@H](Cc1ccccc1)N(Cc1ccccc1)C(=O)CN(c1ccccc1)S(=O)(=O)c1ccc(Cl)cc1. The molecule has 0 aromatic heterocycles.